The molecule has 4 aliphatic rings. The molecular weight excluding hydrogens is 306 g/mol. The van der Waals surface area contributed by atoms with E-state index >= 15 is 0 Å². The van der Waals surface area contributed by atoms with Crippen molar-refractivity contribution in [3.05, 3.63) is 0 Å². The highest BCUT2D eigenvalue weighted by atomic mass is 15.2. The molecule has 3 heterocycles. The van der Waals surface area contributed by atoms with Gasteiger partial charge in [0, 0.05) is 24.2 Å². The largest absolute Gasteiger partial charge is 0.316 e. The fraction of sp³-hybridized carbons (Fsp3) is 1.00. The van der Waals surface area contributed by atoms with Gasteiger partial charge in [-0.15, -0.1) is 0 Å². The number of nitrogens with zero attached hydrogens (tertiary/aromatic N) is 2. The van der Waals surface area contributed by atoms with Crippen LogP contribution in [0.15, 0.2) is 0 Å². The topological polar surface area (TPSA) is 18.5 Å². The van der Waals surface area contributed by atoms with Gasteiger partial charge >= 0.3 is 0 Å². The Morgan fingerprint density at radius 3 is 1.36 bits per heavy atom. The summed E-state index contributed by atoms with van der Waals surface area (Å²) < 4.78 is 0. The Labute approximate surface area is 155 Å². The Morgan fingerprint density at radius 2 is 1.04 bits per heavy atom. The lowest BCUT2D eigenvalue weighted by Crippen LogP contribution is -2.61. The normalized spacial score (nSPS) is 29.8. The van der Waals surface area contributed by atoms with Crippen molar-refractivity contribution < 1.29 is 0 Å². The fourth-order valence-corrected chi connectivity index (χ4v) is 5.61. The number of hydrogen-bond acceptors (Lipinski definition) is 3. The van der Waals surface area contributed by atoms with Gasteiger partial charge in [0.25, 0.3) is 0 Å². The van der Waals surface area contributed by atoms with Crippen LogP contribution in [-0.4, -0.2) is 60.1 Å². The Morgan fingerprint density at radius 1 is 0.640 bits per heavy atom. The highest BCUT2D eigenvalue weighted by Crippen LogP contribution is 2.54. The molecule has 4 rings (SSSR count). The molecular formula is C22H41N3. The van der Waals surface area contributed by atoms with E-state index in [0.29, 0.717) is 16.5 Å². The molecule has 4 fully saturated rings. The summed E-state index contributed by atoms with van der Waals surface area (Å²) in [7, 11) is 0. The van der Waals surface area contributed by atoms with Gasteiger partial charge in [0.15, 0.2) is 0 Å². The molecule has 0 amide bonds. The molecule has 0 aromatic rings. The number of nitrogens with one attached hydrogen (secondary N) is 1. The van der Waals surface area contributed by atoms with Crippen LogP contribution in [0.1, 0.15) is 79.1 Å². The van der Waals surface area contributed by atoms with Gasteiger partial charge in [-0.3, -0.25) is 9.80 Å². The number of rotatable bonds is 5. The predicted molar refractivity (Wildman–Crippen MR) is 106 cm³/mol. The summed E-state index contributed by atoms with van der Waals surface area (Å²) in [4.78, 5) is 5.60. The first kappa shape index (κ1) is 18.3. The lowest BCUT2D eigenvalue weighted by atomic mass is 9.72. The second-order valence-electron chi connectivity index (χ2n) is 11.2. The van der Waals surface area contributed by atoms with Crippen molar-refractivity contribution in [1.82, 2.24) is 15.1 Å². The Balaban J connectivity index is 1.27. The summed E-state index contributed by atoms with van der Waals surface area (Å²) in [6.45, 7) is 17.8. The average molecular weight is 348 g/mol. The Bertz CT molecular complexity index is 468. The van der Waals surface area contributed by atoms with Crippen LogP contribution in [-0.2, 0) is 0 Å². The average Bonchev–Trinajstić information content (AvgIpc) is 3.31. The first-order valence-electron chi connectivity index (χ1n) is 11.0. The van der Waals surface area contributed by atoms with Crippen LogP contribution in [0.25, 0.3) is 0 Å². The summed E-state index contributed by atoms with van der Waals surface area (Å²) in [5.74, 6) is 0. The summed E-state index contributed by atoms with van der Waals surface area (Å²) in [5, 5.41) is 3.49. The molecule has 0 radical (unpaired) electrons. The quantitative estimate of drug-likeness (QED) is 0.814. The predicted octanol–water partition coefficient (Wildman–Crippen LogP) is 3.89. The number of hydrogen-bond donors (Lipinski definition) is 1. The molecule has 1 aliphatic carbocycles. The standard InChI is InChI=1S/C22H41N3/c1-19(2,24-13-9-21(7-8-21)10-14-24)5-6-20(3,4)25-15-11-22(12-16-25)17-23-18-22/h23H,5-18H2,1-4H3. The van der Waals surface area contributed by atoms with Gasteiger partial charge in [-0.05, 0) is 116 Å². The van der Waals surface area contributed by atoms with Gasteiger partial charge in [-0.25, -0.2) is 0 Å². The van der Waals surface area contributed by atoms with E-state index in [1.807, 2.05) is 0 Å². The smallest absolute Gasteiger partial charge is 0.0153 e. The molecule has 3 heteroatoms. The molecule has 0 atom stereocenters. The Hall–Kier alpha value is -0.120. The minimum absolute atomic E-state index is 0.351. The highest BCUT2D eigenvalue weighted by Gasteiger charge is 2.47. The molecule has 3 saturated heterocycles. The highest BCUT2D eigenvalue weighted by molar-refractivity contribution is 5.01. The van der Waals surface area contributed by atoms with Crippen molar-refractivity contribution in [2.75, 3.05) is 39.3 Å². The van der Waals surface area contributed by atoms with Crippen LogP contribution in [0.3, 0.4) is 0 Å². The van der Waals surface area contributed by atoms with E-state index in [1.165, 1.54) is 90.6 Å². The maximum absolute atomic E-state index is 3.49. The van der Waals surface area contributed by atoms with Crippen molar-refractivity contribution in [2.24, 2.45) is 10.8 Å². The first-order chi connectivity index (χ1) is 11.7. The van der Waals surface area contributed by atoms with Crippen molar-refractivity contribution in [3.63, 3.8) is 0 Å². The van der Waals surface area contributed by atoms with Crippen molar-refractivity contribution in [2.45, 2.75) is 90.1 Å². The van der Waals surface area contributed by atoms with Gasteiger partial charge in [0.1, 0.15) is 0 Å². The molecule has 0 unspecified atom stereocenters. The summed E-state index contributed by atoms with van der Waals surface area (Å²) in [6.07, 6.45) is 11.4. The number of likely N-dealkylation sites (tertiary alicyclic amines) is 2. The molecule has 3 aliphatic heterocycles. The maximum atomic E-state index is 3.49. The van der Waals surface area contributed by atoms with Gasteiger partial charge in [-0.2, -0.15) is 0 Å². The molecule has 3 nitrogen and oxygen atoms in total. The van der Waals surface area contributed by atoms with Crippen molar-refractivity contribution in [1.29, 1.82) is 0 Å². The molecule has 0 aromatic carbocycles. The van der Waals surface area contributed by atoms with Gasteiger partial charge < -0.3 is 5.32 Å². The Kier molecular flexibility index (Phi) is 4.53. The third kappa shape index (κ3) is 3.66. The van der Waals surface area contributed by atoms with Crippen LogP contribution in [0, 0.1) is 10.8 Å². The molecule has 1 N–H and O–H groups in total. The van der Waals surface area contributed by atoms with E-state index in [2.05, 4.69) is 42.8 Å². The SMILES string of the molecule is CC(C)(CCC(C)(C)N1CCC2(CC1)CNC2)N1CCC2(CC1)CC2. The molecule has 25 heavy (non-hydrogen) atoms. The second-order valence-corrected chi connectivity index (χ2v) is 11.2. The van der Waals surface area contributed by atoms with E-state index < -0.39 is 0 Å². The monoisotopic (exact) mass is 347 g/mol. The van der Waals surface area contributed by atoms with Crippen molar-refractivity contribution >= 4 is 0 Å². The van der Waals surface area contributed by atoms with Crippen LogP contribution in [0.4, 0.5) is 0 Å². The summed E-state index contributed by atoms with van der Waals surface area (Å²) in [6, 6.07) is 0. The third-order valence-electron chi connectivity index (χ3n) is 8.67. The molecule has 0 aromatic heterocycles. The molecule has 0 bridgehead atoms. The van der Waals surface area contributed by atoms with Crippen LogP contribution < -0.4 is 5.32 Å². The van der Waals surface area contributed by atoms with E-state index in [0.717, 1.165) is 5.41 Å². The van der Waals surface area contributed by atoms with Crippen LogP contribution >= 0.6 is 0 Å². The fourth-order valence-electron chi connectivity index (χ4n) is 5.61. The lowest BCUT2D eigenvalue weighted by Gasteiger charge is -2.52. The third-order valence-corrected chi connectivity index (χ3v) is 8.67. The second kappa shape index (κ2) is 6.21. The summed E-state index contributed by atoms with van der Waals surface area (Å²) in [5.41, 5.74) is 2.18. The molecule has 1 saturated carbocycles. The van der Waals surface area contributed by atoms with E-state index in [9.17, 15) is 0 Å². The minimum atomic E-state index is 0.351. The van der Waals surface area contributed by atoms with E-state index in [-0.39, 0.29) is 0 Å². The zero-order valence-corrected chi connectivity index (χ0v) is 17.3. The first-order valence-corrected chi connectivity index (χ1v) is 11.0. The van der Waals surface area contributed by atoms with Crippen LogP contribution in [0.5, 0.6) is 0 Å². The van der Waals surface area contributed by atoms with Crippen molar-refractivity contribution in [3.8, 4) is 0 Å². The lowest BCUT2D eigenvalue weighted by molar-refractivity contribution is -0.00665. The zero-order chi connectivity index (χ0) is 17.8. The van der Waals surface area contributed by atoms with Gasteiger partial charge in [0.2, 0.25) is 0 Å². The van der Waals surface area contributed by atoms with Gasteiger partial charge in [0.05, 0.1) is 0 Å². The van der Waals surface area contributed by atoms with Gasteiger partial charge in [-0.1, -0.05) is 0 Å². The maximum Gasteiger partial charge on any atom is 0.0153 e. The molecule has 144 valence electrons. The zero-order valence-electron chi connectivity index (χ0n) is 17.3. The van der Waals surface area contributed by atoms with E-state index in [1.54, 1.807) is 0 Å². The molecule has 2 spiro atoms. The van der Waals surface area contributed by atoms with E-state index in [4.69, 9.17) is 0 Å². The summed E-state index contributed by atoms with van der Waals surface area (Å²) >= 11 is 0. The van der Waals surface area contributed by atoms with Crippen LogP contribution in [0.2, 0.25) is 0 Å². The minimum Gasteiger partial charge on any atom is -0.316 e. The number of piperidine rings is 2.